The molecule has 1 saturated heterocycles. The van der Waals surface area contributed by atoms with Crippen LogP contribution in [0.25, 0.3) is 0 Å². The first kappa shape index (κ1) is 19.8. The van der Waals surface area contributed by atoms with Crippen LogP contribution >= 0.6 is 0 Å². The van der Waals surface area contributed by atoms with Gasteiger partial charge in [0, 0.05) is 5.69 Å². The number of carbonyl (C=O) groups excluding carboxylic acids is 3. The van der Waals surface area contributed by atoms with Crippen molar-refractivity contribution in [2.24, 2.45) is 10.3 Å². The van der Waals surface area contributed by atoms with Gasteiger partial charge in [-0.25, -0.2) is 4.90 Å². The van der Waals surface area contributed by atoms with E-state index in [1.165, 1.54) is 5.01 Å². The van der Waals surface area contributed by atoms with Crippen LogP contribution in [0.3, 0.4) is 0 Å². The van der Waals surface area contributed by atoms with E-state index in [9.17, 15) is 14.4 Å². The van der Waals surface area contributed by atoms with Crippen molar-refractivity contribution in [1.82, 2.24) is 5.01 Å². The molecule has 2 atom stereocenters. The van der Waals surface area contributed by atoms with Crippen molar-refractivity contribution in [3.8, 4) is 0 Å². The highest BCUT2D eigenvalue weighted by atomic mass is 16.2. The van der Waals surface area contributed by atoms with E-state index in [4.69, 9.17) is 0 Å². The summed E-state index contributed by atoms with van der Waals surface area (Å²) in [6, 6.07) is 11.1. The van der Waals surface area contributed by atoms with Crippen molar-refractivity contribution in [3.63, 3.8) is 0 Å². The molecule has 154 valence electrons. The second-order valence-electron chi connectivity index (χ2n) is 7.57. The van der Waals surface area contributed by atoms with Gasteiger partial charge >= 0.3 is 0 Å². The molecule has 8 heteroatoms. The van der Waals surface area contributed by atoms with Crippen molar-refractivity contribution in [2.75, 3.05) is 16.8 Å². The third-order valence-corrected chi connectivity index (χ3v) is 5.56. The Hall–Kier alpha value is -3.55. The molecule has 0 radical (unpaired) electrons. The van der Waals surface area contributed by atoms with E-state index in [1.54, 1.807) is 12.1 Å². The van der Waals surface area contributed by atoms with E-state index < -0.39 is 23.9 Å². The van der Waals surface area contributed by atoms with Crippen LogP contribution < -0.4 is 10.2 Å². The molecule has 2 aromatic carbocycles. The molecule has 0 saturated carbocycles. The van der Waals surface area contributed by atoms with Crippen molar-refractivity contribution in [2.45, 2.75) is 39.3 Å². The van der Waals surface area contributed by atoms with Gasteiger partial charge in [0.25, 0.3) is 11.8 Å². The van der Waals surface area contributed by atoms with Gasteiger partial charge in [-0.1, -0.05) is 30.3 Å². The molecule has 8 nitrogen and oxygen atoms in total. The average Bonchev–Trinajstić information content (AvgIpc) is 3.24. The molecule has 1 fully saturated rings. The summed E-state index contributed by atoms with van der Waals surface area (Å²) in [5.74, 6) is -1.17. The molecular weight excluding hydrogens is 382 g/mol. The Labute approximate surface area is 174 Å². The van der Waals surface area contributed by atoms with Crippen molar-refractivity contribution in [3.05, 3.63) is 59.2 Å². The zero-order valence-corrected chi connectivity index (χ0v) is 17.1. The second-order valence-corrected chi connectivity index (χ2v) is 7.57. The number of amides is 3. The number of anilines is 2. The van der Waals surface area contributed by atoms with E-state index in [2.05, 4.69) is 15.7 Å². The minimum absolute atomic E-state index is 0.167. The summed E-state index contributed by atoms with van der Waals surface area (Å²) in [6.07, 6.45) is 0.866. The molecule has 0 aliphatic carbocycles. The Morgan fingerprint density at radius 2 is 1.77 bits per heavy atom. The van der Waals surface area contributed by atoms with Gasteiger partial charge in [-0.15, -0.1) is 0 Å². The Balaban J connectivity index is 1.47. The van der Waals surface area contributed by atoms with E-state index in [0.717, 1.165) is 28.0 Å². The van der Waals surface area contributed by atoms with Crippen LogP contribution in [0.5, 0.6) is 0 Å². The fourth-order valence-corrected chi connectivity index (χ4v) is 3.66. The number of rotatable bonds is 5. The van der Waals surface area contributed by atoms with Gasteiger partial charge in [-0.05, 0) is 61.2 Å². The van der Waals surface area contributed by atoms with Gasteiger partial charge in [0.2, 0.25) is 5.91 Å². The number of aryl methyl sites for hydroxylation is 3. The quantitative estimate of drug-likeness (QED) is 0.774. The van der Waals surface area contributed by atoms with Crippen molar-refractivity contribution < 1.29 is 14.4 Å². The normalized spacial score (nSPS) is 20.1. The highest BCUT2D eigenvalue weighted by molar-refractivity contribution is 6.25. The maximum absolute atomic E-state index is 13.0. The standard InChI is InChI=1S/C22H23N5O3/c1-4-15-6-9-17(10-7-15)27-21(29)19-20(22(27)30)26(25-24-19)12-18(28)23-16-8-5-13(2)14(3)11-16/h5-11,19-20H,4,12H2,1-3H3,(H,23,28)/t19-,20+/m0/s1. The topological polar surface area (TPSA) is 94.4 Å². The minimum atomic E-state index is -0.919. The lowest BCUT2D eigenvalue weighted by Gasteiger charge is -2.20. The third kappa shape index (κ3) is 3.45. The fraction of sp³-hybridized carbons (Fsp3) is 0.318. The maximum Gasteiger partial charge on any atom is 0.263 e. The van der Waals surface area contributed by atoms with E-state index in [1.807, 2.05) is 51.1 Å². The summed E-state index contributed by atoms with van der Waals surface area (Å²) in [7, 11) is 0. The molecule has 1 N–H and O–H groups in total. The monoisotopic (exact) mass is 405 g/mol. The highest BCUT2D eigenvalue weighted by Gasteiger charge is 2.55. The van der Waals surface area contributed by atoms with Crippen LogP contribution in [0.2, 0.25) is 0 Å². The molecule has 0 aromatic heterocycles. The van der Waals surface area contributed by atoms with Crippen LogP contribution in [-0.4, -0.2) is 41.4 Å². The zero-order valence-electron chi connectivity index (χ0n) is 17.1. The van der Waals surface area contributed by atoms with Crippen molar-refractivity contribution >= 4 is 29.1 Å². The number of hydrogen-bond acceptors (Lipinski definition) is 6. The van der Waals surface area contributed by atoms with Gasteiger partial charge in [0.05, 0.1) is 5.69 Å². The Kier molecular flexibility index (Phi) is 5.07. The third-order valence-electron chi connectivity index (χ3n) is 5.56. The van der Waals surface area contributed by atoms with Crippen LogP contribution in [0.1, 0.15) is 23.6 Å². The number of carbonyl (C=O) groups is 3. The molecule has 30 heavy (non-hydrogen) atoms. The predicted octanol–water partition coefficient (Wildman–Crippen LogP) is 2.80. The maximum atomic E-state index is 13.0. The molecule has 2 heterocycles. The minimum Gasteiger partial charge on any atom is -0.324 e. The number of fused-ring (bicyclic) bond motifs is 1. The number of hydrogen-bond donors (Lipinski definition) is 1. The molecule has 4 rings (SSSR count). The van der Waals surface area contributed by atoms with Gasteiger partial charge < -0.3 is 5.32 Å². The van der Waals surface area contributed by atoms with Gasteiger partial charge in [-0.3, -0.25) is 19.4 Å². The molecule has 2 aliphatic rings. The van der Waals surface area contributed by atoms with Crippen LogP contribution in [0.4, 0.5) is 11.4 Å². The van der Waals surface area contributed by atoms with Crippen LogP contribution in [0.15, 0.2) is 52.8 Å². The molecule has 0 unspecified atom stereocenters. The summed E-state index contributed by atoms with van der Waals surface area (Å²) in [5, 5.41) is 12.0. The fourth-order valence-electron chi connectivity index (χ4n) is 3.66. The van der Waals surface area contributed by atoms with E-state index in [0.29, 0.717) is 11.4 Å². The summed E-state index contributed by atoms with van der Waals surface area (Å²) in [4.78, 5) is 39.4. The number of benzene rings is 2. The smallest absolute Gasteiger partial charge is 0.263 e. The summed E-state index contributed by atoms with van der Waals surface area (Å²) in [5.41, 5.74) is 4.48. The Bertz CT molecular complexity index is 1050. The van der Waals surface area contributed by atoms with E-state index in [-0.39, 0.29) is 12.5 Å². The summed E-state index contributed by atoms with van der Waals surface area (Å²) in [6.45, 7) is 5.83. The molecule has 2 aromatic rings. The first-order chi connectivity index (χ1) is 14.4. The molecule has 2 aliphatic heterocycles. The lowest BCUT2D eigenvalue weighted by molar-refractivity contribution is -0.123. The number of nitrogens with zero attached hydrogens (tertiary/aromatic N) is 4. The first-order valence-corrected chi connectivity index (χ1v) is 9.90. The van der Waals surface area contributed by atoms with Crippen LogP contribution in [0, 0.1) is 13.8 Å². The molecule has 0 spiro atoms. The lowest BCUT2D eigenvalue weighted by Crippen LogP contribution is -2.43. The van der Waals surface area contributed by atoms with Crippen molar-refractivity contribution in [1.29, 1.82) is 0 Å². The SMILES string of the molecule is CCc1ccc(N2C(=O)[C@H]3N=NN(CC(=O)Nc4ccc(C)c(C)c4)[C@H]3C2=O)cc1. The highest BCUT2D eigenvalue weighted by Crippen LogP contribution is 2.32. The molecular formula is C22H23N5O3. The van der Waals surface area contributed by atoms with E-state index >= 15 is 0 Å². The molecule has 3 amide bonds. The summed E-state index contributed by atoms with van der Waals surface area (Å²) >= 11 is 0. The Morgan fingerprint density at radius 1 is 1.03 bits per heavy atom. The summed E-state index contributed by atoms with van der Waals surface area (Å²) < 4.78 is 0. The first-order valence-electron chi connectivity index (χ1n) is 9.90. The average molecular weight is 405 g/mol. The van der Waals surface area contributed by atoms with Gasteiger partial charge in [-0.2, -0.15) is 5.11 Å². The van der Waals surface area contributed by atoms with Crippen LogP contribution in [-0.2, 0) is 20.8 Å². The zero-order chi connectivity index (χ0) is 21.4. The number of nitrogens with one attached hydrogen (secondary N) is 1. The van der Waals surface area contributed by atoms with Gasteiger partial charge in [0.15, 0.2) is 12.1 Å². The second kappa shape index (κ2) is 7.70. The van der Waals surface area contributed by atoms with Gasteiger partial charge in [0.1, 0.15) is 6.54 Å². The Morgan fingerprint density at radius 3 is 2.43 bits per heavy atom. The largest absolute Gasteiger partial charge is 0.324 e. The predicted molar refractivity (Wildman–Crippen MR) is 112 cm³/mol. The number of imide groups is 1. The molecule has 0 bridgehead atoms. The lowest BCUT2D eigenvalue weighted by atomic mass is 10.1.